The van der Waals surface area contributed by atoms with Gasteiger partial charge in [0, 0.05) is 22.8 Å². The van der Waals surface area contributed by atoms with E-state index in [9.17, 15) is 14.9 Å². The number of benzene rings is 3. The van der Waals surface area contributed by atoms with Crippen molar-refractivity contribution in [1.82, 2.24) is 14.8 Å². The minimum absolute atomic E-state index is 0.270. The molecule has 10 heteroatoms. The number of ether oxygens (including phenoxy) is 2. The van der Waals surface area contributed by atoms with Gasteiger partial charge in [-0.05, 0) is 42.8 Å². The van der Waals surface area contributed by atoms with Crippen molar-refractivity contribution < 1.29 is 14.3 Å². The zero-order valence-electron chi connectivity index (χ0n) is 23.8. The first-order valence-electron chi connectivity index (χ1n) is 13.5. The molecule has 43 heavy (non-hydrogen) atoms. The number of thioether (sulfide) groups is 1. The largest absolute Gasteiger partial charge is 0.497 e. The van der Waals surface area contributed by atoms with Crippen LogP contribution in [-0.2, 0) is 4.79 Å². The van der Waals surface area contributed by atoms with Gasteiger partial charge in [0.25, 0.3) is 5.56 Å². The van der Waals surface area contributed by atoms with Crippen molar-refractivity contribution in [2.75, 3.05) is 19.5 Å². The van der Waals surface area contributed by atoms with E-state index in [0.717, 1.165) is 5.56 Å². The van der Waals surface area contributed by atoms with Crippen LogP contribution in [0.15, 0.2) is 101 Å². The fourth-order valence-electron chi connectivity index (χ4n) is 4.61. The van der Waals surface area contributed by atoms with Crippen molar-refractivity contribution in [3.8, 4) is 45.6 Å². The zero-order valence-corrected chi connectivity index (χ0v) is 24.6. The van der Waals surface area contributed by atoms with E-state index in [4.69, 9.17) is 14.5 Å². The van der Waals surface area contributed by atoms with Crippen LogP contribution in [0.3, 0.4) is 0 Å². The van der Waals surface area contributed by atoms with E-state index in [1.54, 1.807) is 38.5 Å². The Kier molecular flexibility index (Phi) is 8.93. The van der Waals surface area contributed by atoms with Gasteiger partial charge >= 0.3 is 0 Å². The molecule has 0 aliphatic rings. The maximum absolute atomic E-state index is 13.5. The summed E-state index contributed by atoms with van der Waals surface area (Å²) in [6, 6.07) is 29.6. The summed E-state index contributed by atoms with van der Waals surface area (Å²) >= 11 is 1.20. The third kappa shape index (κ3) is 6.32. The lowest BCUT2D eigenvalue weighted by Gasteiger charge is -2.18. The number of hydrogen-bond donors (Lipinski definition) is 2. The summed E-state index contributed by atoms with van der Waals surface area (Å²) in [7, 11) is 3.14. The molecule has 3 aromatic carbocycles. The molecule has 0 aliphatic heterocycles. The van der Waals surface area contributed by atoms with Crippen LogP contribution in [0.1, 0.15) is 18.9 Å². The topological polar surface area (TPSA) is 122 Å². The number of carbonyl (C=O) groups excluding carboxylic acids is 1. The highest BCUT2D eigenvalue weighted by Crippen LogP contribution is 2.41. The molecule has 0 aliphatic carbocycles. The number of nitrogens with zero attached hydrogens (tertiary/aromatic N) is 3. The highest BCUT2D eigenvalue weighted by Gasteiger charge is 2.25. The Balaban J connectivity index is 1.54. The first-order chi connectivity index (χ1) is 20.9. The van der Waals surface area contributed by atoms with Gasteiger partial charge in [-0.3, -0.25) is 14.7 Å². The number of hydrogen-bond acceptors (Lipinski definition) is 7. The van der Waals surface area contributed by atoms with E-state index in [-0.39, 0.29) is 17.3 Å². The van der Waals surface area contributed by atoms with Gasteiger partial charge in [-0.1, -0.05) is 67.2 Å². The van der Waals surface area contributed by atoms with Crippen LogP contribution in [0.5, 0.6) is 11.5 Å². The van der Waals surface area contributed by atoms with Gasteiger partial charge in [-0.2, -0.15) is 5.26 Å². The quantitative estimate of drug-likeness (QED) is 0.183. The Morgan fingerprint density at radius 3 is 2.37 bits per heavy atom. The molecule has 5 rings (SSSR count). The number of nitrogens with one attached hydrogen (secondary N) is 2. The number of anilines is 1. The highest BCUT2D eigenvalue weighted by atomic mass is 32.2. The van der Waals surface area contributed by atoms with Crippen molar-refractivity contribution in [1.29, 1.82) is 5.26 Å². The van der Waals surface area contributed by atoms with Crippen LogP contribution in [0, 0.1) is 11.3 Å². The molecule has 1 atom stereocenters. The number of aromatic nitrogens is 3. The molecule has 1 unspecified atom stereocenters. The average molecular weight is 592 g/mol. The number of amides is 1. The van der Waals surface area contributed by atoms with Crippen molar-refractivity contribution in [3.63, 3.8) is 0 Å². The van der Waals surface area contributed by atoms with Crippen LogP contribution in [0.4, 0.5) is 5.82 Å². The van der Waals surface area contributed by atoms with Gasteiger partial charge in [-0.15, -0.1) is 0 Å². The normalized spacial score (nSPS) is 11.4. The number of aromatic amines is 1. The average Bonchev–Trinajstić information content (AvgIpc) is 3.42. The Morgan fingerprint density at radius 2 is 1.72 bits per heavy atom. The summed E-state index contributed by atoms with van der Waals surface area (Å²) in [6.07, 6.45) is 0.444. The predicted molar refractivity (Wildman–Crippen MR) is 168 cm³/mol. The van der Waals surface area contributed by atoms with E-state index in [0.29, 0.717) is 51.0 Å². The van der Waals surface area contributed by atoms with Gasteiger partial charge in [0.2, 0.25) is 5.91 Å². The Hall–Kier alpha value is -5.27. The first kappa shape index (κ1) is 29.2. The van der Waals surface area contributed by atoms with E-state index in [1.807, 2.05) is 67.6 Å². The maximum atomic E-state index is 13.5. The number of rotatable bonds is 10. The van der Waals surface area contributed by atoms with E-state index < -0.39 is 5.25 Å². The number of H-pyrrole nitrogens is 1. The number of pyridine rings is 1. The van der Waals surface area contributed by atoms with Crippen molar-refractivity contribution >= 4 is 23.5 Å². The molecule has 0 saturated carbocycles. The second kappa shape index (κ2) is 13.1. The van der Waals surface area contributed by atoms with E-state index >= 15 is 0 Å². The van der Waals surface area contributed by atoms with Crippen molar-refractivity contribution in [2.24, 2.45) is 0 Å². The van der Waals surface area contributed by atoms with Gasteiger partial charge in [-0.25, -0.2) is 9.67 Å². The number of carbonyl (C=O) groups is 1. The highest BCUT2D eigenvalue weighted by molar-refractivity contribution is 8.00. The molecule has 216 valence electrons. The Bertz CT molecular complexity index is 1850. The summed E-state index contributed by atoms with van der Waals surface area (Å²) in [6.45, 7) is 1.88. The van der Waals surface area contributed by atoms with Crippen LogP contribution in [0.2, 0.25) is 0 Å². The second-order valence-electron chi connectivity index (χ2n) is 9.46. The fraction of sp³-hybridized carbons (Fsp3) is 0.152. The third-order valence-corrected chi connectivity index (χ3v) is 8.12. The van der Waals surface area contributed by atoms with Crippen LogP contribution in [-0.4, -0.2) is 40.1 Å². The smallest absolute Gasteiger partial charge is 0.273 e. The molecule has 1 amide bonds. The lowest BCUT2D eigenvalue weighted by molar-refractivity contribution is -0.115. The Morgan fingerprint density at radius 1 is 1.00 bits per heavy atom. The maximum Gasteiger partial charge on any atom is 0.273 e. The first-order valence-corrected chi connectivity index (χ1v) is 14.4. The fourth-order valence-corrected chi connectivity index (χ4v) is 5.63. The molecule has 2 aromatic heterocycles. The second-order valence-corrected chi connectivity index (χ2v) is 10.7. The summed E-state index contributed by atoms with van der Waals surface area (Å²) < 4.78 is 12.5. The van der Waals surface area contributed by atoms with Gasteiger partial charge in [0.15, 0.2) is 0 Å². The minimum Gasteiger partial charge on any atom is -0.497 e. The van der Waals surface area contributed by atoms with Gasteiger partial charge in [0.1, 0.15) is 28.4 Å². The zero-order chi connectivity index (χ0) is 30.3. The molecule has 0 radical (unpaired) electrons. The molecule has 5 aromatic rings. The lowest BCUT2D eigenvalue weighted by atomic mass is 9.98. The molecule has 2 N–H and O–H groups in total. The van der Waals surface area contributed by atoms with Crippen LogP contribution in [0.25, 0.3) is 28.1 Å². The molecule has 0 spiro atoms. The molecule has 0 bridgehead atoms. The minimum atomic E-state index is -0.616. The SMILES string of the molecule is CCC(Sc1nc(-c2ccccc2)cc(-c2cc(OC)ccc2OC)c1C#N)C(=O)Nc1cc(=O)n(-c2ccccc2)[nH]1. The summed E-state index contributed by atoms with van der Waals surface area (Å²) in [5.74, 6) is 1.11. The Labute approximate surface area is 253 Å². The van der Waals surface area contributed by atoms with Crippen molar-refractivity contribution in [2.45, 2.75) is 23.6 Å². The lowest BCUT2D eigenvalue weighted by Crippen LogP contribution is -2.25. The standard InChI is InChI=1S/C33H29N5O4S/c1-4-29(32(40)36-30-19-31(39)38(37-30)22-13-9-6-10-14-22)43-33-26(20-34)24(18-27(35-33)21-11-7-5-8-12-21)25-17-23(41-2)15-16-28(25)42-3/h5-19,29,37H,4H2,1-3H3,(H,36,40). The van der Waals surface area contributed by atoms with Gasteiger partial charge < -0.3 is 14.8 Å². The molecule has 0 fully saturated rings. The molecular formula is C33H29N5O4S. The monoisotopic (exact) mass is 591 g/mol. The van der Waals surface area contributed by atoms with Crippen LogP contribution < -0.4 is 20.3 Å². The van der Waals surface area contributed by atoms with Crippen molar-refractivity contribution in [3.05, 3.63) is 107 Å². The summed E-state index contributed by atoms with van der Waals surface area (Å²) in [5.41, 5.74) is 3.42. The molecule has 2 heterocycles. The predicted octanol–water partition coefficient (Wildman–Crippen LogP) is 6.29. The molecule has 0 saturated heterocycles. The van der Waals surface area contributed by atoms with Gasteiger partial charge in [0.05, 0.1) is 36.4 Å². The van der Waals surface area contributed by atoms with Crippen LogP contribution >= 0.6 is 11.8 Å². The number of nitriles is 1. The van der Waals surface area contributed by atoms with E-state index in [2.05, 4.69) is 16.5 Å². The number of methoxy groups -OCH3 is 2. The summed E-state index contributed by atoms with van der Waals surface area (Å²) in [5, 5.41) is 16.0. The molecular weight excluding hydrogens is 562 g/mol. The van der Waals surface area contributed by atoms with E-state index in [1.165, 1.54) is 22.5 Å². The molecule has 9 nitrogen and oxygen atoms in total. The third-order valence-electron chi connectivity index (χ3n) is 6.77. The number of para-hydroxylation sites is 1. The summed E-state index contributed by atoms with van der Waals surface area (Å²) in [4.78, 5) is 30.9.